The molecule has 0 amide bonds. The number of nitrogens with zero attached hydrogens (tertiary/aromatic N) is 1. The van der Waals surface area contributed by atoms with Gasteiger partial charge in [-0.25, -0.2) is 8.42 Å². The van der Waals surface area contributed by atoms with Crippen LogP contribution in [0.25, 0.3) is 10.9 Å². The summed E-state index contributed by atoms with van der Waals surface area (Å²) < 4.78 is 21.4. The third-order valence-corrected chi connectivity index (χ3v) is 2.68. The second-order valence-electron chi connectivity index (χ2n) is 2.77. The number of phenols is 1. The van der Waals surface area contributed by atoms with E-state index >= 15 is 0 Å². The molecule has 0 aliphatic heterocycles. The Kier molecular flexibility index (Phi) is 2.09. The van der Waals surface area contributed by atoms with E-state index in [0.29, 0.717) is 10.9 Å². The van der Waals surface area contributed by atoms with E-state index in [2.05, 4.69) is 4.98 Å². The van der Waals surface area contributed by atoms with Crippen LogP contribution < -0.4 is 0 Å². The number of pyridine rings is 1. The van der Waals surface area contributed by atoms with Gasteiger partial charge in [0.05, 0.1) is 0 Å². The van der Waals surface area contributed by atoms with Crippen molar-refractivity contribution in [2.75, 3.05) is 0 Å². The Hall–Kier alpha value is -1.62. The fourth-order valence-electron chi connectivity index (χ4n) is 1.27. The molecule has 0 fully saturated rings. The average molecular weight is 209 g/mol. The first-order chi connectivity index (χ1) is 6.70. The lowest BCUT2D eigenvalue weighted by molar-refractivity contribution is 0.465. The first-order valence-electron chi connectivity index (χ1n) is 3.91. The molecule has 2 rings (SSSR count). The Labute approximate surface area is 81.8 Å². The Morgan fingerprint density at radius 3 is 2.71 bits per heavy atom. The highest BCUT2D eigenvalue weighted by molar-refractivity contribution is 7.72. The van der Waals surface area contributed by atoms with Crippen molar-refractivity contribution in [1.29, 1.82) is 0 Å². The first kappa shape index (κ1) is 8.96. The summed E-state index contributed by atoms with van der Waals surface area (Å²) in [6.07, 6.45) is 1.50. The Balaban J connectivity index is 2.88. The van der Waals surface area contributed by atoms with Crippen molar-refractivity contribution in [2.24, 2.45) is 0 Å². The molecule has 1 aromatic carbocycles. The molecular formula is C9H7NO3S. The van der Waals surface area contributed by atoms with Crippen LogP contribution in [0.1, 0.15) is 0 Å². The highest BCUT2D eigenvalue weighted by Gasteiger charge is 2.08. The minimum absolute atomic E-state index is 0.0915. The van der Waals surface area contributed by atoms with Crippen molar-refractivity contribution in [1.82, 2.24) is 4.98 Å². The van der Waals surface area contributed by atoms with Crippen LogP contribution in [0.15, 0.2) is 35.4 Å². The molecular weight excluding hydrogens is 202 g/mol. The molecule has 1 aromatic heterocycles. The zero-order chi connectivity index (χ0) is 10.1. The monoisotopic (exact) mass is 209 g/mol. The summed E-state index contributed by atoms with van der Waals surface area (Å²) in [5.41, 5.74) is 0.309. The summed E-state index contributed by atoms with van der Waals surface area (Å²) in [7, 11) is -2.78. The maximum absolute atomic E-state index is 10.7. The fourth-order valence-corrected chi connectivity index (χ4v) is 1.74. The summed E-state index contributed by atoms with van der Waals surface area (Å²) in [5, 5.41) is 10.3. The molecule has 0 radical (unpaired) electrons. The van der Waals surface area contributed by atoms with Crippen LogP contribution in [0.5, 0.6) is 5.75 Å². The molecule has 1 N–H and O–H groups in total. The zero-order valence-corrected chi connectivity index (χ0v) is 7.94. The number of hydrogen-bond acceptors (Lipinski definition) is 4. The normalized spacial score (nSPS) is 10.9. The predicted octanol–water partition coefficient (Wildman–Crippen LogP) is 0.911. The molecule has 4 nitrogen and oxygen atoms in total. The van der Waals surface area contributed by atoms with E-state index in [0.717, 1.165) is 0 Å². The molecule has 14 heavy (non-hydrogen) atoms. The summed E-state index contributed by atoms with van der Waals surface area (Å²) >= 11 is 0. The lowest BCUT2D eigenvalue weighted by Gasteiger charge is -2.01. The summed E-state index contributed by atoms with van der Waals surface area (Å²) in [6.45, 7) is 0. The lowest BCUT2D eigenvalue weighted by Crippen LogP contribution is -1.85. The smallest absolute Gasteiger partial charge is 0.172 e. The molecule has 0 saturated heterocycles. The number of aromatic hydroxyl groups is 1. The topological polar surface area (TPSA) is 67.3 Å². The van der Waals surface area contributed by atoms with E-state index in [-0.39, 0.29) is 10.6 Å². The molecule has 2 aromatic rings. The van der Waals surface area contributed by atoms with E-state index in [1.54, 1.807) is 18.2 Å². The number of rotatable bonds is 1. The highest BCUT2D eigenvalue weighted by atomic mass is 32.2. The van der Waals surface area contributed by atoms with Crippen LogP contribution in [-0.4, -0.2) is 18.5 Å². The van der Waals surface area contributed by atoms with E-state index < -0.39 is 10.7 Å². The number of phenolic OH excluding ortho intramolecular Hbond substituents is 1. The summed E-state index contributed by atoms with van der Waals surface area (Å²) in [4.78, 5) is 3.81. The number of aromatic nitrogens is 1. The van der Waals surface area contributed by atoms with E-state index in [4.69, 9.17) is 0 Å². The van der Waals surface area contributed by atoms with Gasteiger partial charge in [-0.15, -0.1) is 0 Å². The van der Waals surface area contributed by atoms with Crippen LogP contribution in [0.4, 0.5) is 0 Å². The summed E-state index contributed by atoms with van der Waals surface area (Å²) in [5.74, 6) is -0.279. The van der Waals surface area contributed by atoms with Gasteiger partial charge in [0, 0.05) is 11.6 Å². The van der Waals surface area contributed by atoms with Crippen LogP contribution in [-0.2, 0) is 10.7 Å². The molecule has 0 saturated carbocycles. The van der Waals surface area contributed by atoms with Gasteiger partial charge in [0.15, 0.2) is 16.5 Å². The lowest BCUT2D eigenvalue weighted by atomic mass is 10.2. The van der Waals surface area contributed by atoms with E-state index in [1.165, 1.54) is 12.3 Å². The van der Waals surface area contributed by atoms with Gasteiger partial charge in [-0.2, -0.15) is 0 Å². The van der Waals surface area contributed by atoms with E-state index in [1.807, 2.05) is 0 Å². The number of hydrogen-bond donors (Lipinski definition) is 2. The van der Waals surface area contributed by atoms with Crippen LogP contribution in [0.2, 0.25) is 0 Å². The Bertz CT molecular complexity index is 555. The molecule has 5 heteroatoms. The molecule has 72 valence electrons. The van der Waals surface area contributed by atoms with Gasteiger partial charge in [0.2, 0.25) is 0 Å². The number of fused-ring (bicyclic) bond motifs is 1. The van der Waals surface area contributed by atoms with Gasteiger partial charge < -0.3 is 5.11 Å². The van der Waals surface area contributed by atoms with Gasteiger partial charge in [-0.05, 0) is 12.1 Å². The Morgan fingerprint density at radius 1 is 1.21 bits per heavy atom. The highest BCUT2D eigenvalue weighted by Crippen LogP contribution is 2.27. The van der Waals surface area contributed by atoms with Gasteiger partial charge in [0.1, 0.15) is 10.4 Å². The van der Waals surface area contributed by atoms with Crippen LogP contribution >= 0.6 is 0 Å². The Morgan fingerprint density at radius 2 is 2.00 bits per heavy atom. The number of benzene rings is 1. The molecule has 1 heterocycles. The average Bonchev–Trinajstić information content (AvgIpc) is 2.18. The van der Waals surface area contributed by atoms with Gasteiger partial charge in [-0.1, -0.05) is 12.1 Å². The maximum atomic E-state index is 10.7. The fraction of sp³-hybridized carbons (Fsp3) is 0. The van der Waals surface area contributed by atoms with Crippen molar-refractivity contribution >= 4 is 21.6 Å². The quantitative estimate of drug-likeness (QED) is 0.685. The molecule has 0 atom stereocenters. The van der Waals surface area contributed by atoms with Crippen LogP contribution in [0.3, 0.4) is 0 Å². The largest absolute Gasteiger partial charge is 0.504 e. The molecule has 0 aliphatic rings. The van der Waals surface area contributed by atoms with E-state index in [9.17, 15) is 13.5 Å². The predicted molar refractivity (Wildman–Crippen MR) is 52.0 cm³/mol. The SMILES string of the molecule is O=[SH](=O)c1ccc2cccnc2c1O. The molecule has 0 aliphatic carbocycles. The van der Waals surface area contributed by atoms with Crippen molar-refractivity contribution < 1.29 is 13.5 Å². The second kappa shape index (κ2) is 3.26. The van der Waals surface area contributed by atoms with Crippen molar-refractivity contribution in [3.05, 3.63) is 30.5 Å². The molecule has 0 unspecified atom stereocenters. The molecule has 0 bridgehead atoms. The number of thiol groups is 1. The standard InChI is InChI=1S/C9H7NO3S/c11-9-7(14(12)13)4-3-6-2-1-5-10-8(6)9/h1-5,11,14H. The maximum Gasteiger partial charge on any atom is 0.172 e. The van der Waals surface area contributed by atoms with Gasteiger partial charge in [0.25, 0.3) is 0 Å². The second-order valence-corrected chi connectivity index (χ2v) is 3.76. The molecule has 0 spiro atoms. The van der Waals surface area contributed by atoms with Gasteiger partial charge in [-0.3, -0.25) is 4.98 Å². The minimum atomic E-state index is -2.78. The van der Waals surface area contributed by atoms with Crippen LogP contribution in [0, 0.1) is 0 Å². The first-order valence-corrected chi connectivity index (χ1v) is 5.09. The summed E-state index contributed by atoms with van der Waals surface area (Å²) in [6, 6.07) is 6.45. The zero-order valence-electron chi connectivity index (χ0n) is 7.04. The van der Waals surface area contributed by atoms with Crippen molar-refractivity contribution in [2.45, 2.75) is 4.90 Å². The van der Waals surface area contributed by atoms with Crippen molar-refractivity contribution in [3.8, 4) is 5.75 Å². The third-order valence-electron chi connectivity index (χ3n) is 1.92. The van der Waals surface area contributed by atoms with Crippen molar-refractivity contribution in [3.63, 3.8) is 0 Å². The third kappa shape index (κ3) is 1.31. The van der Waals surface area contributed by atoms with Gasteiger partial charge >= 0.3 is 0 Å². The minimum Gasteiger partial charge on any atom is -0.504 e.